The van der Waals surface area contributed by atoms with Gasteiger partial charge in [-0.2, -0.15) is 0 Å². The lowest BCUT2D eigenvalue weighted by Crippen LogP contribution is -2.19. The third-order valence-corrected chi connectivity index (χ3v) is 4.28. The summed E-state index contributed by atoms with van der Waals surface area (Å²) < 4.78 is 0. The van der Waals surface area contributed by atoms with E-state index in [4.69, 9.17) is 4.99 Å². The summed E-state index contributed by atoms with van der Waals surface area (Å²) in [5, 5.41) is 3.42. The smallest absolute Gasteiger partial charge is 0.0993 e. The molecule has 0 saturated carbocycles. The minimum absolute atomic E-state index is 0.766. The average Bonchev–Trinajstić information content (AvgIpc) is 2.72. The van der Waals surface area contributed by atoms with Gasteiger partial charge in [-0.1, -0.05) is 91.0 Å². The normalized spacial score (nSPS) is 12.5. The number of rotatable bonds is 5. The fourth-order valence-corrected chi connectivity index (χ4v) is 2.82. The van der Waals surface area contributed by atoms with Crippen LogP contribution in [-0.4, -0.2) is 5.84 Å². The standard InChI is InChI=1S/C24H24N2/c1-19(22-14-8-4-9-15-22)24(23-16-10-5-11-17-23)26-20(2)25-18-21-12-6-3-7-13-21/h3-17H,18H2,1-2H3,(H,25,26)/b24-19+. The average molecular weight is 340 g/mol. The highest BCUT2D eigenvalue weighted by molar-refractivity contribution is 5.95. The van der Waals surface area contributed by atoms with Gasteiger partial charge in [0.2, 0.25) is 0 Å². The fraction of sp³-hybridized carbons (Fsp3) is 0.125. The van der Waals surface area contributed by atoms with E-state index in [1.165, 1.54) is 11.1 Å². The topological polar surface area (TPSA) is 24.4 Å². The van der Waals surface area contributed by atoms with Crippen molar-refractivity contribution in [3.8, 4) is 0 Å². The van der Waals surface area contributed by atoms with Crippen LogP contribution in [0.2, 0.25) is 0 Å². The molecule has 0 fully saturated rings. The largest absolute Gasteiger partial charge is 0.370 e. The first-order chi connectivity index (χ1) is 12.7. The van der Waals surface area contributed by atoms with Crippen molar-refractivity contribution in [1.82, 2.24) is 5.32 Å². The third-order valence-electron chi connectivity index (χ3n) is 4.28. The summed E-state index contributed by atoms with van der Waals surface area (Å²) in [4.78, 5) is 4.92. The predicted octanol–water partition coefficient (Wildman–Crippen LogP) is 5.78. The Kier molecular flexibility index (Phi) is 6.00. The van der Waals surface area contributed by atoms with Gasteiger partial charge in [-0.15, -0.1) is 0 Å². The lowest BCUT2D eigenvalue weighted by atomic mass is 10.0. The van der Waals surface area contributed by atoms with Crippen molar-refractivity contribution in [3.63, 3.8) is 0 Å². The first kappa shape index (κ1) is 17.7. The second kappa shape index (κ2) is 8.82. The third kappa shape index (κ3) is 4.70. The Morgan fingerprint density at radius 1 is 0.692 bits per heavy atom. The second-order valence-corrected chi connectivity index (χ2v) is 6.24. The minimum atomic E-state index is 0.766. The van der Waals surface area contributed by atoms with Crippen LogP contribution in [0.25, 0.3) is 11.3 Å². The van der Waals surface area contributed by atoms with Gasteiger partial charge in [-0.3, -0.25) is 0 Å². The Morgan fingerprint density at radius 2 is 1.19 bits per heavy atom. The van der Waals surface area contributed by atoms with E-state index in [1.807, 2.05) is 25.1 Å². The lowest BCUT2D eigenvalue weighted by Gasteiger charge is -2.12. The minimum Gasteiger partial charge on any atom is -0.370 e. The molecule has 2 nitrogen and oxygen atoms in total. The Bertz CT molecular complexity index is 879. The molecule has 0 spiro atoms. The van der Waals surface area contributed by atoms with Crippen molar-refractivity contribution >= 4 is 17.1 Å². The van der Waals surface area contributed by atoms with Gasteiger partial charge in [-0.05, 0) is 30.5 Å². The molecule has 0 amide bonds. The number of amidine groups is 1. The van der Waals surface area contributed by atoms with Crippen LogP contribution in [0.4, 0.5) is 0 Å². The van der Waals surface area contributed by atoms with Crippen LogP contribution < -0.4 is 5.32 Å². The van der Waals surface area contributed by atoms with Gasteiger partial charge in [-0.25, -0.2) is 4.99 Å². The van der Waals surface area contributed by atoms with E-state index in [0.29, 0.717) is 0 Å². The number of nitrogens with one attached hydrogen (secondary N) is 1. The van der Waals surface area contributed by atoms with Gasteiger partial charge in [0.05, 0.1) is 11.5 Å². The van der Waals surface area contributed by atoms with E-state index in [0.717, 1.165) is 29.2 Å². The molecule has 0 heterocycles. The molecular formula is C24H24N2. The van der Waals surface area contributed by atoms with Gasteiger partial charge >= 0.3 is 0 Å². The van der Waals surface area contributed by atoms with Crippen LogP contribution in [0.15, 0.2) is 96.0 Å². The van der Waals surface area contributed by atoms with Crippen molar-refractivity contribution in [2.45, 2.75) is 20.4 Å². The summed E-state index contributed by atoms with van der Waals surface area (Å²) in [5.74, 6) is 0.906. The molecule has 0 saturated heterocycles. The zero-order chi connectivity index (χ0) is 18.2. The molecule has 3 rings (SSSR count). The van der Waals surface area contributed by atoms with Crippen LogP contribution in [0.1, 0.15) is 30.5 Å². The number of benzene rings is 3. The molecule has 0 unspecified atom stereocenters. The molecule has 0 aliphatic carbocycles. The number of aliphatic imine (C=N–C) groups is 1. The van der Waals surface area contributed by atoms with Crippen molar-refractivity contribution in [2.75, 3.05) is 0 Å². The summed E-state index contributed by atoms with van der Waals surface area (Å²) in [6.07, 6.45) is 0. The van der Waals surface area contributed by atoms with Crippen molar-refractivity contribution < 1.29 is 0 Å². The molecule has 130 valence electrons. The van der Waals surface area contributed by atoms with Crippen LogP contribution in [0.3, 0.4) is 0 Å². The Morgan fingerprint density at radius 3 is 1.77 bits per heavy atom. The van der Waals surface area contributed by atoms with E-state index >= 15 is 0 Å². The first-order valence-corrected chi connectivity index (χ1v) is 8.89. The zero-order valence-corrected chi connectivity index (χ0v) is 15.3. The fourth-order valence-electron chi connectivity index (χ4n) is 2.82. The molecule has 2 heteroatoms. The molecule has 0 aliphatic heterocycles. The van der Waals surface area contributed by atoms with E-state index in [9.17, 15) is 0 Å². The van der Waals surface area contributed by atoms with E-state index in [2.05, 4.69) is 85.0 Å². The molecule has 26 heavy (non-hydrogen) atoms. The first-order valence-electron chi connectivity index (χ1n) is 8.89. The van der Waals surface area contributed by atoms with Crippen LogP contribution in [-0.2, 0) is 6.54 Å². The Hall–Kier alpha value is -3.13. The van der Waals surface area contributed by atoms with Gasteiger partial charge in [0.25, 0.3) is 0 Å². The molecule has 0 atom stereocenters. The predicted molar refractivity (Wildman–Crippen MR) is 112 cm³/mol. The lowest BCUT2D eigenvalue weighted by molar-refractivity contribution is 0.909. The molecular weight excluding hydrogens is 316 g/mol. The van der Waals surface area contributed by atoms with E-state index in [1.54, 1.807) is 0 Å². The molecule has 3 aromatic rings. The number of allylic oxidation sites excluding steroid dienone is 1. The Labute approximate surface area is 155 Å². The highest BCUT2D eigenvalue weighted by Gasteiger charge is 2.07. The molecule has 0 radical (unpaired) electrons. The molecule has 0 aliphatic rings. The van der Waals surface area contributed by atoms with Gasteiger partial charge in [0.15, 0.2) is 0 Å². The Balaban J connectivity index is 1.91. The van der Waals surface area contributed by atoms with Gasteiger partial charge in [0, 0.05) is 12.1 Å². The van der Waals surface area contributed by atoms with Crippen LogP contribution in [0, 0.1) is 0 Å². The quantitative estimate of drug-likeness (QED) is 0.355. The van der Waals surface area contributed by atoms with Crippen molar-refractivity contribution in [1.29, 1.82) is 0 Å². The number of hydrogen-bond donors (Lipinski definition) is 1. The highest BCUT2D eigenvalue weighted by atomic mass is 15.0. The van der Waals surface area contributed by atoms with Gasteiger partial charge in [0.1, 0.15) is 0 Å². The zero-order valence-electron chi connectivity index (χ0n) is 15.3. The maximum atomic E-state index is 4.92. The monoisotopic (exact) mass is 340 g/mol. The number of hydrogen-bond acceptors (Lipinski definition) is 1. The van der Waals surface area contributed by atoms with Crippen molar-refractivity contribution in [3.05, 3.63) is 108 Å². The van der Waals surface area contributed by atoms with Crippen LogP contribution >= 0.6 is 0 Å². The highest BCUT2D eigenvalue weighted by Crippen LogP contribution is 2.27. The summed E-state index contributed by atoms with van der Waals surface area (Å²) >= 11 is 0. The number of nitrogens with zero attached hydrogens (tertiary/aromatic N) is 1. The molecule has 0 aromatic heterocycles. The second-order valence-electron chi connectivity index (χ2n) is 6.24. The summed E-state index contributed by atoms with van der Waals surface area (Å²) in [6.45, 7) is 4.92. The summed E-state index contributed by atoms with van der Waals surface area (Å²) in [6, 6.07) is 31.1. The van der Waals surface area contributed by atoms with E-state index in [-0.39, 0.29) is 0 Å². The van der Waals surface area contributed by atoms with Crippen LogP contribution in [0.5, 0.6) is 0 Å². The van der Waals surface area contributed by atoms with Gasteiger partial charge < -0.3 is 5.32 Å². The maximum absolute atomic E-state index is 4.92. The molecule has 1 N–H and O–H groups in total. The summed E-state index contributed by atoms with van der Waals surface area (Å²) in [5.41, 5.74) is 5.71. The molecule has 0 bridgehead atoms. The maximum Gasteiger partial charge on any atom is 0.0993 e. The molecule has 3 aromatic carbocycles. The van der Waals surface area contributed by atoms with Crippen molar-refractivity contribution in [2.24, 2.45) is 4.99 Å². The SMILES string of the molecule is C/C(=N/C(=C(\C)c1ccccc1)c1ccccc1)NCc1ccccc1. The summed E-state index contributed by atoms with van der Waals surface area (Å²) in [7, 11) is 0. The van der Waals surface area contributed by atoms with E-state index < -0.39 is 0 Å².